The Bertz CT molecular complexity index is 1370. The van der Waals surface area contributed by atoms with Crippen LogP contribution in [0.4, 0.5) is 0 Å². The number of nitrogens with zero attached hydrogens (tertiary/aromatic N) is 6. The van der Waals surface area contributed by atoms with Gasteiger partial charge in [-0.2, -0.15) is 4.68 Å². The number of piperidine rings is 1. The smallest absolute Gasteiger partial charge is 0.352 e. The molecule has 5 rings (SSSR count). The van der Waals surface area contributed by atoms with Crippen LogP contribution in [0.15, 0.2) is 35.4 Å². The second-order valence-corrected chi connectivity index (χ2v) is 7.14. The highest BCUT2D eigenvalue weighted by atomic mass is 16.2. The second kappa shape index (κ2) is 8.07. The lowest BCUT2D eigenvalue weighted by molar-refractivity contribution is -0.136. The molecule has 2 aliphatic rings. The molecule has 4 heterocycles. The molecule has 2 aromatic heterocycles. The summed E-state index contributed by atoms with van der Waals surface area (Å²) in [5, 5.41) is 9.29. The average Bonchev–Trinajstić information content (AvgIpc) is 3.33. The molecule has 1 fully saturated rings. The van der Waals surface area contributed by atoms with Crippen molar-refractivity contribution < 1.29 is 24.0 Å². The number of carbonyl (C=O) groups excluding carboxylic acids is 5. The zero-order valence-corrected chi connectivity index (χ0v) is 17.1. The number of nitrogens with one attached hydrogen (secondary N) is 1. The molecule has 3 N–H and O–H groups in total. The van der Waals surface area contributed by atoms with Crippen LogP contribution in [0, 0.1) is 0 Å². The van der Waals surface area contributed by atoms with Gasteiger partial charge in [0.2, 0.25) is 11.8 Å². The zero-order valence-electron chi connectivity index (χ0n) is 17.1. The minimum Gasteiger partial charge on any atom is -0.364 e. The number of imide groups is 2. The van der Waals surface area contributed by atoms with E-state index < -0.39 is 35.4 Å². The summed E-state index contributed by atoms with van der Waals surface area (Å²) >= 11 is 0. The molecule has 168 valence electrons. The van der Waals surface area contributed by atoms with E-state index in [1.54, 1.807) is 24.3 Å². The fourth-order valence-electron chi connectivity index (χ4n) is 3.47. The van der Waals surface area contributed by atoms with Gasteiger partial charge in [-0.25, -0.2) is 14.2 Å². The first-order valence-corrected chi connectivity index (χ1v) is 9.58. The molecule has 1 atom stereocenters. The van der Waals surface area contributed by atoms with Crippen LogP contribution in [0.2, 0.25) is 0 Å². The third-order valence-electron chi connectivity index (χ3n) is 5.08. The minimum atomic E-state index is -0.898. The normalized spacial score (nSPS) is 17.5. The van der Waals surface area contributed by atoms with Crippen molar-refractivity contribution >= 4 is 35.2 Å². The summed E-state index contributed by atoms with van der Waals surface area (Å²) in [6, 6.07) is 5.55. The van der Waals surface area contributed by atoms with Gasteiger partial charge in [0.25, 0.3) is 17.7 Å². The Hall–Kier alpha value is -4.75. The number of fused-ring (bicyclic) bond motifs is 2. The van der Waals surface area contributed by atoms with Gasteiger partial charge in [0.15, 0.2) is 11.3 Å². The Morgan fingerprint density at radius 1 is 1.09 bits per heavy atom. The highest BCUT2D eigenvalue weighted by Crippen LogP contribution is 2.27. The Labute approximate surface area is 184 Å². The maximum Gasteiger partial charge on any atom is 0.352 e. The molecule has 1 saturated heterocycles. The van der Waals surface area contributed by atoms with E-state index in [0.29, 0.717) is 11.1 Å². The van der Waals surface area contributed by atoms with Gasteiger partial charge < -0.3 is 5.73 Å². The number of rotatable bonds is 2. The summed E-state index contributed by atoms with van der Waals surface area (Å²) in [7, 11) is 1.44. The molecule has 1 unspecified atom stereocenters. The Morgan fingerprint density at radius 3 is 2.30 bits per heavy atom. The fraction of sp³-hybridized carbons (Fsp3) is 0.211. The number of carbonyl (C=O) groups is 5. The molecule has 14 nitrogen and oxygen atoms in total. The van der Waals surface area contributed by atoms with E-state index in [-0.39, 0.29) is 30.1 Å². The van der Waals surface area contributed by atoms with E-state index >= 15 is 0 Å². The van der Waals surface area contributed by atoms with Gasteiger partial charge in [0.1, 0.15) is 12.4 Å². The minimum absolute atomic E-state index is 0.0600. The molecule has 5 amide bonds. The highest BCUT2D eigenvalue weighted by Gasteiger charge is 2.44. The predicted molar refractivity (Wildman–Crippen MR) is 108 cm³/mol. The van der Waals surface area contributed by atoms with Crippen molar-refractivity contribution in [2.75, 3.05) is 0 Å². The summed E-state index contributed by atoms with van der Waals surface area (Å²) < 4.78 is 2.13. The summed E-state index contributed by atoms with van der Waals surface area (Å²) in [4.78, 5) is 74.1. The molecule has 0 spiro atoms. The first kappa shape index (κ1) is 21.5. The maximum atomic E-state index is 12.2. The molecular weight excluding hydrogens is 436 g/mol. The number of hydrogen-bond donors (Lipinski definition) is 2. The number of aryl methyl sites for hydroxylation is 1. The Morgan fingerprint density at radius 2 is 1.73 bits per heavy atom. The van der Waals surface area contributed by atoms with Gasteiger partial charge in [-0.3, -0.25) is 34.2 Å². The van der Waals surface area contributed by atoms with Gasteiger partial charge in [0.05, 0.1) is 11.1 Å². The van der Waals surface area contributed by atoms with Crippen molar-refractivity contribution in [3.8, 4) is 0 Å². The number of benzene rings is 1. The number of imidazole rings is 1. The molecule has 33 heavy (non-hydrogen) atoms. The monoisotopic (exact) mass is 452 g/mol. The van der Waals surface area contributed by atoms with Gasteiger partial charge >= 0.3 is 5.69 Å². The van der Waals surface area contributed by atoms with Crippen LogP contribution in [0.5, 0.6) is 0 Å². The molecule has 14 heteroatoms. The Kier molecular flexibility index (Phi) is 5.25. The van der Waals surface area contributed by atoms with Crippen LogP contribution in [0.1, 0.15) is 44.0 Å². The lowest BCUT2D eigenvalue weighted by Gasteiger charge is -2.27. The molecule has 0 aliphatic carbocycles. The number of nitrogens with two attached hydrogens (primary N) is 1. The first-order chi connectivity index (χ1) is 15.7. The van der Waals surface area contributed by atoms with Crippen LogP contribution < -0.4 is 16.7 Å². The fourth-order valence-corrected chi connectivity index (χ4v) is 3.47. The molecule has 0 radical (unpaired) electrons. The van der Waals surface area contributed by atoms with E-state index in [9.17, 15) is 28.8 Å². The highest BCUT2D eigenvalue weighted by molar-refractivity contribution is 6.23. The molecular formula is C19H16N8O6. The average molecular weight is 452 g/mol. The number of amides is 5. The van der Waals surface area contributed by atoms with E-state index in [0.717, 1.165) is 14.0 Å². The van der Waals surface area contributed by atoms with Crippen molar-refractivity contribution in [3.05, 3.63) is 57.9 Å². The number of aromatic nitrogens is 5. The van der Waals surface area contributed by atoms with Crippen LogP contribution >= 0.6 is 0 Å². The summed E-state index contributed by atoms with van der Waals surface area (Å²) in [5.74, 6) is -2.66. The van der Waals surface area contributed by atoms with Crippen molar-refractivity contribution in [2.45, 2.75) is 18.9 Å². The third-order valence-corrected chi connectivity index (χ3v) is 5.08. The maximum absolute atomic E-state index is 12.2. The molecule has 0 saturated carbocycles. The Balaban J connectivity index is 0.000000165. The van der Waals surface area contributed by atoms with Crippen LogP contribution in [0.3, 0.4) is 0 Å². The van der Waals surface area contributed by atoms with E-state index in [1.807, 2.05) is 0 Å². The zero-order chi connectivity index (χ0) is 23.9. The molecule has 2 aliphatic heterocycles. The number of primary amides is 1. The predicted octanol–water partition coefficient (Wildman–Crippen LogP) is -1.99. The second-order valence-electron chi connectivity index (χ2n) is 7.14. The van der Waals surface area contributed by atoms with Crippen molar-refractivity contribution in [1.29, 1.82) is 0 Å². The quantitative estimate of drug-likeness (QED) is 0.414. The summed E-state index contributed by atoms with van der Waals surface area (Å²) in [5.41, 5.74) is 5.20. The van der Waals surface area contributed by atoms with Crippen molar-refractivity contribution in [3.63, 3.8) is 0 Å². The van der Waals surface area contributed by atoms with Crippen LogP contribution in [0.25, 0.3) is 5.65 Å². The van der Waals surface area contributed by atoms with Gasteiger partial charge in [0, 0.05) is 13.5 Å². The van der Waals surface area contributed by atoms with Gasteiger partial charge in [-0.1, -0.05) is 17.3 Å². The van der Waals surface area contributed by atoms with Gasteiger partial charge in [-0.05, 0) is 18.6 Å². The standard InChI is InChI=1S/C13H10N2O4.C6H6N6O2/c16-10-6-5-9(11(17)14-10)15-12(18)7-3-1-2-4-8(7)13(15)19;1-11-6(14)12-2-8-3(4(7)13)5(12)9-10-11/h1-4,9H,5-6H2,(H,14,16,17);2H,1H3,(H2,7,13). The topological polar surface area (TPSA) is 192 Å². The molecule has 1 aromatic carbocycles. The first-order valence-electron chi connectivity index (χ1n) is 9.58. The van der Waals surface area contributed by atoms with Crippen molar-refractivity contribution in [2.24, 2.45) is 12.8 Å². The van der Waals surface area contributed by atoms with Crippen LogP contribution in [-0.2, 0) is 16.6 Å². The lowest BCUT2D eigenvalue weighted by atomic mass is 10.0. The molecule has 3 aromatic rings. The number of hydrogen-bond acceptors (Lipinski definition) is 9. The van der Waals surface area contributed by atoms with E-state index in [1.165, 1.54) is 13.4 Å². The van der Waals surface area contributed by atoms with Crippen molar-refractivity contribution in [1.82, 2.24) is 34.6 Å². The van der Waals surface area contributed by atoms with Gasteiger partial charge in [-0.15, -0.1) is 5.10 Å². The summed E-state index contributed by atoms with van der Waals surface area (Å²) in [6.45, 7) is 0. The third kappa shape index (κ3) is 3.62. The van der Waals surface area contributed by atoms with E-state index in [2.05, 4.69) is 20.6 Å². The molecule has 0 bridgehead atoms. The lowest BCUT2D eigenvalue weighted by Crippen LogP contribution is -2.54. The van der Waals surface area contributed by atoms with Crippen LogP contribution in [-0.4, -0.2) is 64.9 Å². The summed E-state index contributed by atoms with van der Waals surface area (Å²) in [6.07, 6.45) is 1.49. The SMILES string of the molecule is Cn1nnc2c(C(N)=O)ncn2c1=O.O=C1CCC(N2C(=O)c3ccccc3C2=O)C(=O)N1. The van der Waals surface area contributed by atoms with E-state index in [4.69, 9.17) is 5.73 Å². The largest absolute Gasteiger partial charge is 0.364 e.